The summed E-state index contributed by atoms with van der Waals surface area (Å²) in [6, 6.07) is 0. The molecule has 0 aliphatic heterocycles. The van der Waals surface area contributed by atoms with E-state index in [1.165, 1.54) is 180 Å². The molecule has 0 spiro atoms. The zero-order valence-corrected chi connectivity index (χ0v) is 23.4. The quantitative estimate of drug-likeness (QED) is 0.104. The maximum absolute atomic E-state index is 2.32. The summed E-state index contributed by atoms with van der Waals surface area (Å²) < 4.78 is 0. The maximum Gasteiger partial charge on any atom is -0.0414 e. The fourth-order valence-electron chi connectivity index (χ4n) is 5.31. The van der Waals surface area contributed by atoms with Crippen LogP contribution in [-0.4, -0.2) is 0 Å². The van der Waals surface area contributed by atoms with E-state index < -0.39 is 0 Å². The van der Waals surface area contributed by atoms with E-state index in [1.54, 1.807) is 0 Å². The van der Waals surface area contributed by atoms with Gasteiger partial charge in [-0.2, -0.15) is 0 Å². The van der Waals surface area contributed by atoms with Crippen molar-refractivity contribution in [2.24, 2.45) is 5.92 Å². The Bertz CT molecular complexity index is 287. The van der Waals surface area contributed by atoms with Crippen LogP contribution in [0.2, 0.25) is 0 Å². The van der Waals surface area contributed by atoms with Crippen molar-refractivity contribution in [1.82, 2.24) is 0 Å². The summed E-state index contributed by atoms with van der Waals surface area (Å²) in [4.78, 5) is 0. The Kier molecular flexibility index (Phi) is 29.0. The highest BCUT2D eigenvalue weighted by Gasteiger charge is 2.09. The molecule has 0 radical (unpaired) electrons. The maximum atomic E-state index is 2.32. The van der Waals surface area contributed by atoms with E-state index in [9.17, 15) is 0 Å². The number of hydrogen-bond acceptors (Lipinski definition) is 0. The normalized spacial score (nSPS) is 11.6. The van der Waals surface area contributed by atoms with Gasteiger partial charge in [-0.1, -0.05) is 201 Å². The van der Waals surface area contributed by atoms with Crippen molar-refractivity contribution < 1.29 is 0 Å². The Labute approximate surface area is 206 Å². The van der Waals surface area contributed by atoms with Crippen LogP contribution in [0.1, 0.15) is 201 Å². The molecule has 0 rings (SSSR count). The van der Waals surface area contributed by atoms with Gasteiger partial charge in [0.25, 0.3) is 0 Å². The van der Waals surface area contributed by atoms with Crippen molar-refractivity contribution in [2.45, 2.75) is 201 Å². The van der Waals surface area contributed by atoms with E-state index in [2.05, 4.69) is 20.8 Å². The first-order chi connectivity index (χ1) is 15.8. The third-order valence-corrected chi connectivity index (χ3v) is 7.65. The molecule has 0 aliphatic rings. The summed E-state index contributed by atoms with van der Waals surface area (Å²) in [5, 5.41) is 0. The molecule has 0 atom stereocenters. The predicted octanol–water partition coefficient (Wildman–Crippen LogP) is 12.6. The monoisotopic (exact) mass is 451 g/mol. The summed E-state index contributed by atoms with van der Waals surface area (Å²) in [6.45, 7) is 6.96. The van der Waals surface area contributed by atoms with E-state index in [0.29, 0.717) is 0 Å². The first-order valence-electron chi connectivity index (χ1n) is 15.8. The molecule has 0 saturated heterocycles. The molecule has 0 aromatic rings. The van der Waals surface area contributed by atoms with Crippen LogP contribution in [0.4, 0.5) is 0 Å². The van der Waals surface area contributed by atoms with Gasteiger partial charge in [0.15, 0.2) is 0 Å². The van der Waals surface area contributed by atoms with Gasteiger partial charge in [-0.25, -0.2) is 0 Å². The first kappa shape index (κ1) is 32.0. The molecule has 0 heterocycles. The molecule has 0 heteroatoms. The molecule has 0 aromatic carbocycles. The van der Waals surface area contributed by atoms with Gasteiger partial charge in [-0.3, -0.25) is 0 Å². The number of rotatable bonds is 28. The number of unbranched alkanes of at least 4 members (excludes halogenated alkanes) is 22. The van der Waals surface area contributed by atoms with Gasteiger partial charge in [0, 0.05) is 0 Å². The van der Waals surface area contributed by atoms with Gasteiger partial charge < -0.3 is 0 Å². The van der Waals surface area contributed by atoms with Crippen LogP contribution in [0.5, 0.6) is 0 Å². The van der Waals surface area contributed by atoms with Crippen LogP contribution in [0, 0.1) is 5.92 Å². The average Bonchev–Trinajstić information content (AvgIpc) is 2.80. The molecule has 32 heavy (non-hydrogen) atoms. The molecule has 0 saturated carbocycles. The lowest BCUT2D eigenvalue weighted by Crippen LogP contribution is -2.01. The van der Waals surface area contributed by atoms with Crippen molar-refractivity contribution in [2.75, 3.05) is 0 Å². The van der Waals surface area contributed by atoms with Crippen LogP contribution in [-0.2, 0) is 0 Å². The lowest BCUT2D eigenvalue weighted by Gasteiger charge is -2.17. The number of hydrogen-bond donors (Lipinski definition) is 0. The zero-order chi connectivity index (χ0) is 23.4. The Morgan fingerprint density at radius 2 is 0.438 bits per heavy atom. The topological polar surface area (TPSA) is 0 Å². The van der Waals surface area contributed by atoms with Gasteiger partial charge in [-0.15, -0.1) is 0 Å². The molecule has 0 aliphatic carbocycles. The third kappa shape index (κ3) is 26.3. The van der Waals surface area contributed by atoms with E-state index in [1.807, 2.05) is 0 Å². The van der Waals surface area contributed by atoms with E-state index in [4.69, 9.17) is 0 Å². The van der Waals surface area contributed by atoms with Crippen molar-refractivity contribution in [3.63, 3.8) is 0 Å². The first-order valence-corrected chi connectivity index (χ1v) is 15.8. The van der Waals surface area contributed by atoms with Crippen molar-refractivity contribution in [1.29, 1.82) is 0 Å². The molecule has 194 valence electrons. The summed E-state index contributed by atoms with van der Waals surface area (Å²) >= 11 is 0. The third-order valence-electron chi connectivity index (χ3n) is 7.65. The SMILES string of the molecule is CCCCCCCCCCCC(CCCCCCCCCC)CCCCCCCCCC. The minimum absolute atomic E-state index is 1.04. The highest BCUT2D eigenvalue weighted by molar-refractivity contribution is 4.62. The van der Waals surface area contributed by atoms with Gasteiger partial charge in [-0.05, 0) is 5.92 Å². The average molecular weight is 451 g/mol. The van der Waals surface area contributed by atoms with Crippen LogP contribution in [0.25, 0.3) is 0 Å². The summed E-state index contributed by atoms with van der Waals surface area (Å²) in [7, 11) is 0. The Balaban J connectivity index is 3.83. The minimum atomic E-state index is 1.04. The summed E-state index contributed by atoms with van der Waals surface area (Å²) in [6.07, 6.45) is 41.3. The van der Waals surface area contributed by atoms with Crippen LogP contribution < -0.4 is 0 Å². The van der Waals surface area contributed by atoms with Gasteiger partial charge in [0.05, 0.1) is 0 Å². The molecule has 0 bridgehead atoms. The van der Waals surface area contributed by atoms with Crippen LogP contribution in [0.15, 0.2) is 0 Å². The van der Waals surface area contributed by atoms with Gasteiger partial charge in [0.2, 0.25) is 0 Å². The largest absolute Gasteiger partial charge is 0.0654 e. The fraction of sp³-hybridized carbons (Fsp3) is 1.00. The zero-order valence-electron chi connectivity index (χ0n) is 23.4. The lowest BCUT2D eigenvalue weighted by molar-refractivity contribution is 0.365. The Hall–Kier alpha value is 0. The molecule has 0 N–H and O–H groups in total. The minimum Gasteiger partial charge on any atom is -0.0654 e. The molecule has 0 nitrogen and oxygen atoms in total. The van der Waals surface area contributed by atoms with Crippen molar-refractivity contribution >= 4 is 0 Å². The second-order valence-electron chi connectivity index (χ2n) is 11.0. The van der Waals surface area contributed by atoms with Gasteiger partial charge in [0.1, 0.15) is 0 Å². The smallest absolute Gasteiger partial charge is 0.0414 e. The summed E-state index contributed by atoms with van der Waals surface area (Å²) in [5.74, 6) is 1.04. The highest BCUT2D eigenvalue weighted by atomic mass is 14.1. The standard InChI is InChI=1S/C32H66/c1-4-7-10-13-16-19-22-25-28-31-32(29-26-23-20-17-14-11-8-5-2)30-27-24-21-18-15-12-9-6-3/h32H,4-31H2,1-3H3. The molecule has 0 unspecified atom stereocenters. The molecular weight excluding hydrogens is 384 g/mol. The predicted molar refractivity (Wildman–Crippen MR) is 150 cm³/mol. The van der Waals surface area contributed by atoms with Gasteiger partial charge >= 0.3 is 0 Å². The molecular formula is C32H66. The lowest BCUT2D eigenvalue weighted by atomic mass is 9.89. The van der Waals surface area contributed by atoms with E-state index in [0.717, 1.165) is 5.92 Å². The van der Waals surface area contributed by atoms with Crippen LogP contribution in [0.3, 0.4) is 0 Å². The Morgan fingerprint density at radius 1 is 0.250 bits per heavy atom. The molecule has 0 amide bonds. The van der Waals surface area contributed by atoms with E-state index in [-0.39, 0.29) is 0 Å². The Morgan fingerprint density at radius 3 is 0.656 bits per heavy atom. The highest BCUT2D eigenvalue weighted by Crippen LogP contribution is 2.25. The van der Waals surface area contributed by atoms with Crippen LogP contribution >= 0.6 is 0 Å². The second kappa shape index (κ2) is 29.0. The van der Waals surface area contributed by atoms with Crippen molar-refractivity contribution in [3.05, 3.63) is 0 Å². The second-order valence-corrected chi connectivity index (χ2v) is 11.0. The summed E-state index contributed by atoms with van der Waals surface area (Å²) in [5.41, 5.74) is 0. The molecule has 0 fully saturated rings. The van der Waals surface area contributed by atoms with E-state index >= 15 is 0 Å². The fourth-order valence-corrected chi connectivity index (χ4v) is 5.31. The van der Waals surface area contributed by atoms with Crippen molar-refractivity contribution in [3.8, 4) is 0 Å². The molecule has 0 aromatic heterocycles.